The number of hydrogen-bond acceptors (Lipinski definition) is 3. The van der Waals surface area contributed by atoms with E-state index in [1.54, 1.807) is 0 Å². The Labute approximate surface area is 130 Å². The molecule has 0 radical (unpaired) electrons. The molecule has 3 rings (SSSR count). The van der Waals surface area contributed by atoms with Gasteiger partial charge in [0.25, 0.3) is 0 Å². The zero-order valence-corrected chi connectivity index (χ0v) is 13.0. The van der Waals surface area contributed by atoms with E-state index >= 15 is 0 Å². The van der Waals surface area contributed by atoms with Crippen molar-refractivity contribution in [2.24, 2.45) is 4.99 Å². The Kier molecular flexibility index (Phi) is 3.57. The molecule has 2 aromatic carbocycles. The molecule has 0 saturated heterocycles. The molecule has 0 saturated carbocycles. The Bertz CT molecular complexity index is 745. The Morgan fingerprint density at radius 1 is 1.18 bits per heavy atom. The van der Waals surface area contributed by atoms with Crippen LogP contribution in [0.15, 0.2) is 53.5 Å². The van der Waals surface area contributed by atoms with Crippen molar-refractivity contribution in [2.75, 3.05) is 5.73 Å². The van der Waals surface area contributed by atoms with Gasteiger partial charge >= 0.3 is 0 Å². The average molecular weight is 292 g/mol. The maximum Gasteiger partial charge on any atom is 0.168 e. The molecule has 0 aliphatic carbocycles. The van der Waals surface area contributed by atoms with Gasteiger partial charge in [0.1, 0.15) is 0 Å². The van der Waals surface area contributed by atoms with E-state index < -0.39 is 0 Å². The zero-order valence-electron chi connectivity index (χ0n) is 13.0. The first-order valence-corrected chi connectivity index (χ1v) is 7.50. The molecular formula is C19H20N2O. The van der Waals surface area contributed by atoms with Crippen LogP contribution in [0.25, 0.3) is 0 Å². The number of nitrogen functional groups attached to an aromatic ring is 1. The van der Waals surface area contributed by atoms with Crippen LogP contribution in [-0.2, 0) is 6.42 Å². The molecule has 0 bridgehead atoms. The molecule has 0 spiro atoms. The van der Waals surface area contributed by atoms with Gasteiger partial charge in [0.15, 0.2) is 5.78 Å². The van der Waals surface area contributed by atoms with Crippen LogP contribution in [0.3, 0.4) is 0 Å². The smallest absolute Gasteiger partial charge is 0.168 e. The maximum absolute atomic E-state index is 12.5. The lowest BCUT2D eigenvalue weighted by Gasteiger charge is -2.29. The van der Waals surface area contributed by atoms with Gasteiger partial charge in [0.2, 0.25) is 0 Å². The summed E-state index contributed by atoms with van der Waals surface area (Å²) in [6.45, 7) is 4.19. The van der Waals surface area contributed by atoms with E-state index in [0.717, 1.165) is 23.3 Å². The molecule has 0 fully saturated rings. The highest BCUT2D eigenvalue weighted by molar-refractivity contribution is 6.17. The molecule has 112 valence electrons. The van der Waals surface area contributed by atoms with E-state index in [4.69, 9.17) is 10.7 Å². The Hall–Kier alpha value is -2.42. The summed E-state index contributed by atoms with van der Waals surface area (Å²) in [6.07, 6.45) is 1.18. The van der Waals surface area contributed by atoms with Crippen LogP contribution in [-0.4, -0.2) is 17.0 Å². The van der Waals surface area contributed by atoms with Crippen molar-refractivity contribution < 1.29 is 4.79 Å². The van der Waals surface area contributed by atoms with E-state index in [0.29, 0.717) is 12.1 Å². The minimum absolute atomic E-state index is 0.0884. The predicted octanol–water partition coefficient (Wildman–Crippen LogP) is 3.67. The average Bonchev–Trinajstić information content (AvgIpc) is 2.48. The highest BCUT2D eigenvalue weighted by Gasteiger charge is 2.27. The van der Waals surface area contributed by atoms with Crippen LogP contribution in [0.2, 0.25) is 0 Å². The fourth-order valence-electron chi connectivity index (χ4n) is 2.96. The van der Waals surface area contributed by atoms with Crippen molar-refractivity contribution >= 4 is 17.2 Å². The maximum atomic E-state index is 12.5. The summed E-state index contributed by atoms with van der Waals surface area (Å²) in [4.78, 5) is 17.3. The fourth-order valence-corrected chi connectivity index (χ4v) is 2.96. The molecule has 0 amide bonds. The fraction of sp³-hybridized carbons (Fsp3) is 0.263. The van der Waals surface area contributed by atoms with E-state index in [2.05, 4.69) is 13.8 Å². The van der Waals surface area contributed by atoms with E-state index in [-0.39, 0.29) is 11.3 Å². The standard InChI is InChI=1S/C19H20N2O/c1-19(2)12-14-8-9-15(20)10-16(14)17(21-19)11-18(22)13-6-4-3-5-7-13/h3-10H,11-12,20H2,1-2H3. The second-order valence-corrected chi connectivity index (χ2v) is 6.43. The molecule has 0 aromatic heterocycles. The van der Waals surface area contributed by atoms with Gasteiger partial charge < -0.3 is 5.73 Å². The first kappa shape index (κ1) is 14.5. The monoisotopic (exact) mass is 292 g/mol. The Balaban J connectivity index is 1.96. The number of rotatable bonds is 3. The lowest BCUT2D eigenvalue weighted by atomic mass is 9.85. The summed E-state index contributed by atoms with van der Waals surface area (Å²) in [6, 6.07) is 15.3. The van der Waals surface area contributed by atoms with Gasteiger partial charge in [-0.05, 0) is 38.0 Å². The summed E-state index contributed by atoms with van der Waals surface area (Å²) in [5.74, 6) is 0.0884. The van der Waals surface area contributed by atoms with Gasteiger partial charge in [-0.1, -0.05) is 36.4 Å². The van der Waals surface area contributed by atoms with Crippen LogP contribution in [0, 0.1) is 0 Å². The van der Waals surface area contributed by atoms with Crippen molar-refractivity contribution in [3.8, 4) is 0 Å². The number of nitrogens with two attached hydrogens (primary N) is 1. The summed E-state index contributed by atoms with van der Waals surface area (Å²) in [5, 5.41) is 0. The molecule has 0 atom stereocenters. The summed E-state index contributed by atoms with van der Waals surface area (Å²) in [7, 11) is 0. The molecular weight excluding hydrogens is 272 g/mol. The first-order valence-electron chi connectivity index (χ1n) is 7.50. The molecule has 3 nitrogen and oxygen atoms in total. The van der Waals surface area contributed by atoms with Crippen molar-refractivity contribution in [3.63, 3.8) is 0 Å². The van der Waals surface area contributed by atoms with Gasteiger partial charge in [-0.3, -0.25) is 9.79 Å². The highest BCUT2D eigenvalue weighted by atomic mass is 16.1. The molecule has 1 aliphatic rings. The van der Waals surface area contributed by atoms with Gasteiger partial charge in [0.05, 0.1) is 17.7 Å². The molecule has 2 aromatic rings. The highest BCUT2D eigenvalue weighted by Crippen LogP contribution is 2.29. The molecule has 22 heavy (non-hydrogen) atoms. The molecule has 1 aliphatic heterocycles. The lowest BCUT2D eigenvalue weighted by molar-refractivity contribution is 0.100. The van der Waals surface area contributed by atoms with Gasteiger partial charge in [-0.2, -0.15) is 0 Å². The Morgan fingerprint density at radius 2 is 1.91 bits per heavy atom. The number of benzene rings is 2. The third-order valence-corrected chi connectivity index (χ3v) is 3.93. The number of nitrogens with zero attached hydrogens (tertiary/aromatic N) is 1. The number of hydrogen-bond donors (Lipinski definition) is 1. The third-order valence-electron chi connectivity index (χ3n) is 3.93. The number of carbonyl (C=O) groups excluding carboxylic acids is 1. The normalized spacial score (nSPS) is 15.8. The van der Waals surface area contributed by atoms with Crippen molar-refractivity contribution in [2.45, 2.75) is 32.2 Å². The second-order valence-electron chi connectivity index (χ2n) is 6.43. The van der Waals surface area contributed by atoms with Gasteiger partial charge in [-0.25, -0.2) is 0 Å². The van der Waals surface area contributed by atoms with Crippen molar-refractivity contribution in [3.05, 3.63) is 65.2 Å². The van der Waals surface area contributed by atoms with E-state index in [9.17, 15) is 4.79 Å². The number of anilines is 1. The SMILES string of the molecule is CC1(C)Cc2ccc(N)cc2C(CC(=O)c2ccccc2)=N1. The van der Waals surface area contributed by atoms with Crippen molar-refractivity contribution in [1.82, 2.24) is 0 Å². The van der Waals surface area contributed by atoms with Crippen LogP contribution in [0.4, 0.5) is 5.69 Å². The lowest BCUT2D eigenvalue weighted by Crippen LogP contribution is -2.30. The predicted molar refractivity (Wildman–Crippen MR) is 90.6 cm³/mol. The van der Waals surface area contributed by atoms with E-state index in [1.807, 2.05) is 48.5 Å². The minimum Gasteiger partial charge on any atom is -0.399 e. The van der Waals surface area contributed by atoms with Crippen LogP contribution in [0.1, 0.15) is 41.8 Å². The minimum atomic E-state index is -0.185. The quantitative estimate of drug-likeness (QED) is 0.693. The first-order chi connectivity index (χ1) is 10.4. The van der Waals surface area contributed by atoms with Gasteiger partial charge in [-0.15, -0.1) is 0 Å². The molecule has 1 heterocycles. The summed E-state index contributed by atoms with van der Waals surface area (Å²) in [5.41, 5.74) is 10.2. The van der Waals surface area contributed by atoms with E-state index in [1.165, 1.54) is 5.56 Å². The summed E-state index contributed by atoms with van der Waals surface area (Å²) < 4.78 is 0. The third kappa shape index (κ3) is 2.93. The topological polar surface area (TPSA) is 55.5 Å². The number of aliphatic imine (C=N–C) groups is 1. The summed E-state index contributed by atoms with van der Waals surface area (Å²) >= 11 is 0. The molecule has 2 N–H and O–H groups in total. The second kappa shape index (κ2) is 5.41. The van der Waals surface area contributed by atoms with Crippen molar-refractivity contribution in [1.29, 1.82) is 0 Å². The zero-order chi connectivity index (χ0) is 15.7. The number of carbonyl (C=O) groups is 1. The number of fused-ring (bicyclic) bond motifs is 1. The Morgan fingerprint density at radius 3 is 2.64 bits per heavy atom. The van der Waals surface area contributed by atoms with Gasteiger partial charge in [0, 0.05) is 16.8 Å². The molecule has 3 heteroatoms. The van der Waals surface area contributed by atoms with Crippen LogP contribution < -0.4 is 5.73 Å². The molecule has 0 unspecified atom stereocenters. The number of ketones is 1. The largest absolute Gasteiger partial charge is 0.399 e. The number of Topliss-reactive ketones (excluding diaryl/α,β-unsaturated/α-hetero) is 1. The van der Waals surface area contributed by atoms with Crippen LogP contribution in [0.5, 0.6) is 0 Å². The van der Waals surface area contributed by atoms with Crippen LogP contribution >= 0.6 is 0 Å².